The summed E-state index contributed by atoms with van der Waals surface area (Å²) < 4.78 is 44.3. The Labute approximate surface area is 239 Å². The van der Waals surface area contributed by atoms with Gasteiger partial charge in [0.25, 0.3) is 10.0 Å². The number of carbonyl (C=O) groups is 2. The van der Waals surface area contributed by atoms with Gasteiger partial charge in [-0.3, -0.25) is 14.6 Å². The number of nitrogens with one attached hydrogen (secondary N) is 1. The van der Waals surface area contributed by atoms with E-state index in [0.717, 1.165) is 3.97 Å². The molecule has 2 aromatic heterocycles. The van der Waals surface area contributed by atoms with Crippen LogP contribution in [0.4, 0.5) is 10.1 Å². The van der Waals surface area contributed by atoms with Gasteiger partial charge in [-0.15, -0.1) is 11.6 Å². The van der Waals surface area contributed by atoms with Gasteiger partial charge in [-0.2, -0.15) is 0 Å². The van der Waals surface area contributed by atoms with Crippen molar-refractivity contribution in [3.63, 3.8) is 0 Å². The standard InChI is InChI=1S/C28H33ClFN5O4S/c1-19(2)35(28(37)21-9-12-33(13-10-21)26(36)15-29)24-8-4-7-23(30)27(24)25-14-20(16-31-3)18-34(25)40(38,39)22-6-5-11-32-17-22/h4-8,11,14,17-19,21,31H,9-10,12-13,15-16H2,1-3H3. The summed E-state index contributed by atoms with van der Waals surface area (Å²) in [6, 6.07) is 8.60. The lowest BCUT2D eigenvalue weighted by Gasteiger charge is -2.36. The molecule has 0 spiro atoms. The minimum atomic E-state index is -4.14. The number of amides is 2. The Kier molecular flexibility index (Phi) is 9.27. The van der Waals surface area contributed by atoms with Crippen molar-refractivity contribution < 1.29 is 22.4 Å². The van der Waals surface area contributed by atoms with Gasteiger partial charge in [0.2, 0.25) is 11.8 Å². The van der Waals surface area contributed by atoms with E-state index < -0.39 is 15.8 Å². The third-order valence-corrected chi connectivity index (χ3v) is 8.87. The van der Waals surface area contributed by atoms with Crippen LogP contribution in [0.3, 0.4) is 0 Å². The van der Waals surface area contributed by atoms with E-state index in [-0.39, 0.29) is 51.5 Å². The fourth-order valence-electron chi connectivity index (χ4n) is 5.07. The second-order valence-corrected chi connectivity index (χ2v) is 12.1. The number of anilines is 1. The zero-order valence-electron chi connectivity index (χ0n) is 22.7. The van der Waals surface area contributed by atoms with Crippen molar-refractivity contribution in [2.45, 2.75) is 44.2 Å². The van der Waals surface area contributed by atoms with Gasteiger partial charge < -0.3 is 15.1 Å². The molecule has 1 aliphatic rings. The highest BCUT2D eigenvalue weighted by atomic mass is 35.5. The first-order chi connectivity index (χ1) is 19.1. The number of hydrogen-bond acceptors (Lipinski definition) is 6. The second-order valence-electron chi connectivity index (χ2n) is 9.98. The van der Waals surface area contributed by atoms with Crippen LogP contribution < -0.4 is 10.2 Å². The summed E-state index contributed by atoms with van der Waals surface area (Å²) in [6.07, 6.45) is 5.07. The Morgan fingerprint density at radius 2 is 1.93 bits per heavy atom. The van der Waals surface area contributed by atoms with Crippen LogP contribution in [0, 0.1) is 11.7 Å². The van der Waals surface area contributed by atoms with Crippen LogP contribution in [0.15, 0.2) is 59.9 Å². The smallest absolute Gasteiger partial charge is 0.269 e. The monoisotopic (exact) mass is 589 g/mol. The maximum atomic E-state index is 15.8. The Morgan fingerprint density at radius 1 is 1.20 bits per heavy atom. The van der Waals surface area contributed by atoms with Crippen LogP contribution in [0.5, 0.6) is 0 Å². The molecule has 1 N–H and O–H groups in total. The first-order valence-electron chi connectivity index (χ1n) is 13.1. The molecule has 1 aromatic carbocycles. The minimum absolute atomic E-state index is 0.00845. The van der Waals surface area contributed by atoms with Crippen molar-refractivity contribution in [3.8, 4) is 11.3 Å². The van der Waals surface area contributed by atoms with Crippen LogP contribution in [-0.4, -0.2) is 66.1 Å². The molecule has 0 unspecified atom stereocenters. The van der Waals surface area contributed by atoms with Gasteiger partial charge in [0.15, 0.2) is 0 Å². The van der Waals surface area contributed by atoms with E-state index in [2.05, 4.69) is 10.3 Å². The largest absolute Gasteiger partial charge is 0.342 e. The highest BCUT2D eigenvalue weighted by Crippen LogP contribution is 2.38. The molecule has 0 atom stereocenters. The molecule has 40 heavy (non-hydrogen) atoms. The van der Waals surface area contributed by atoms with Crippen LogP contribution in [0.2, 0.25) is 0 Å². The lowest BCUT2D eigenvalue weighted by molar-refractivity contribution is -0.132. The number of hydrogen-bond donors (Lipinski definition) is 1. The number of aromatic nitrogens is 2. The zero-order chi connectivity index (χ0) is 29.0. The molecule has 1 fully saturated rings. The number of alkyl halides is 1. The predicted molar refractivity (Wildman–Crippen MR) is 152 cm³/mol. The number of rotatable bonds is 9. The van der Waals surface area contributed by atoms with Crippen LogP contribution in [0.1, 0.15) is 32.3 Å². The van der Waals surface area contributed by atoms with E-state index in [9.17, 15) is 18.0 Å². The van der Waals surface area contributed by atoms with Gasteiger partial charge in [-0.25, -0.2) is 16.8 Å². The highest BCUT2D eigenvalue weighted by molar-refractivity contribution is 7.90. The van der Waals surface area contributed by atoms with E-state index in [0.29, 0.717) is 38.0 Å². The first kappa shape index (κ1) is 29.7. The molecule has 4 rings (SSSR count). The molecule has 2 amide bonds. The third-order valence-electron chi connectivity index (χ3n) is 6.99. The normalized spacial score (nSPS) is 14.5. The average molecular weight is 590 g/mol. The predicted octanol–water partition coefficient (Wildman–Crippen LogP) is 3.86. The molecule has 9 nitrogen and oxygen atoms in total. The summed E-state index contributed by atoms with van der Waals surface area (Å²) in [4.78, 5) is 33.0. The van der Waals surface area contributed by atoms with Crippen molar-refractivity contribution in [2.75, 3.05) is 30.9 Å². The Bertz CT molecular complexity index is 1470. The van der Waals surface area contributed by atoms with E-state index in [1.54, 1.807) is 24.1 Å². The van der Waals surface area contributed by atoms with Crippen LogP contribution >= 0.6 is 11.6 Å². The quantitative estimate of drug-likeness (QED) is 0.380. The number of benzene rings is 1. The molecule has 214 valence electrons. The SMILES string of the molecule is CNCc1cc(-c2c(F)cccc2N(C(=O)C2CCN(C(=O)CCl)CC2)C(C)C)n(S(=O)(=O)c2cccnc2)c1. The topological polar surface area (TPSA) is 105 Å². The summed E-state index contributed by atoms with van der Waals surface area (Å²) >= 11 is 5.70. The molecule has 3 heterocycles. The molecule has 0 radical (unpaired) electrons. The van der Waals surface area contributed by atoms with Gasteiger partial charge in [-0.05, 0) is 69.6 Å². The Hall–Kier alpha value is -3.28. The van der Waals surface area contributed by atoms with Gasteiger partial charge in [0.05, 0.1) is 16.9 Å². The van der Waals surface area contributed by atoms with Gasteiger partial charge >= 0.3 is 0 Å². The molecule has 0 bridgehead atoms. The number of likely N-dealkylation sites (tertiary alicyclic amines) is 1. The average Bonchev–Trinajstić information content (AvgIpc) is 3.37. The van der Waals surface area contributed by atoms with Gasteiger partial charge in [-0.1, -0.05) is 6.07 Å². The number of halogens is 2. The number of piperidine rings is 1. The van der Waals surface area contributed by atoms with Crippen molar-refractivity contribution >= 4 is 39.1 Å². The summed E-state index contributed by atoms with van der Waals surface area (Å²) in [6.45, 7) is 4.82. The van der Waals surface area contributed by atoms with Crippen LogP contribution in [-0.2, 0) is 26.2 Å². The van der Waals surface area contributed by atoms with Gasteiger partial charge in [0.1, 0.15) is 16.6 Å². The van der Waals surface area contributed by atoms with Crippen molar-refractivity contribution in [2.24, 2.45) is 5.92 Å². The lowest BCUT2D eigenvalue weighted by Crippen LogP contribution is -2.47. The number of pyridine rings is 1. The zero-order valence-corrected chi connectivity index (χ0v) is 24.3. The Morgan fingerprint density at radius 3 is 2.52 bits per heavy atom. The molecular formula is C28H33ClFN5O4S. The van der Waals surface area contributed by atoms with Crippen molar-refractivity contribution in [3.05, 3.63) is 66.4 Å². The van der Waals surface area contributed by atoms with Crippen molar-refractivity contribution in [1.82, 2.24) is 19.2 Å². The summed E-state index contributed by atoms with van der Waals surface area (Å²) in [5.41, 5.74) is 1.01. The van der Waals surface area contributed by atoms with Crippen molar-refractivity contribution in [1.29, 1.82) is 0 Å². The molecular weight excluding hydrogens is 557 g/mol. The molecule has 1 saturated heterocycles. The maximum Gasteiger partial charge on any atom is 0.269 e. The summed E-state index contributed by atoms with van der Waals surface area (Å²) in [7, 11) is -2.42. The Balaban J connectivity index is 1.81. The first-order valence-corrected chi connectivity index (χ1v) is 15.0. The lowest BCUT2D eigenvalue weighted by atomic mass is 9.93. The van der Waals surface area contributed by atoms with E-state index >= 15 is 4.39 Å². The highest BCUT2D eigenvalue weighted by Gasteiger charge is 2.34. The number of nitrogens with zero attached hydrogens (tertiary/aromatic N) is 4. The molecule has 12 heteroatoms. The molecule has 0 saturated carbocycles. The van der Waals surface area contributed by atoms with Gasteiger partial charge in [0, 0.05) is 50.2 Å². The van der Waals surface area contributed by atoms with E-state index in [1.165, 1.54) is 47.8 Å². The second kappa shape index (κ2) is 12.5. The van der Waals surface area contributed by atoms with E-state index in [4.69, 9.17) is 11.6 Å². The number of carbonyl (C=O) groups excluding carboxylic acids is 2. The van der Waals surface area contributed by atoms with E-state index in [1.807, 2.05) is 13.8 Å². The molecule has 1 aliphatic heterocycles. The third kappa shape index (κ3) is 5.91. The molecule has 0 aliphatic carbocycles. The molecule has 3 aromatic rings. The fraction of sp³-hybridized carbons (Fsp3) is 0.393. The maximum absolute atomic E-state index is 15.8. The summed E-state index contributed by atoms with van der Waals surface area (Å²) in [5, 5.41) is 3.00. The van der Waals surface area contributed by atoms with Crippen LogP contribution in [0.25, 0.3) is 11.3 Å². The fourth-order valence-corrected chi connectivity index (χ4v) is 6.59. The minimum Gasteiger partial charge on any atom is -0.342 e. The summed E-state index contributed by atoms with van der Waals surface area (Å²) in [5.74, 6) is -1.53.